The van der Waals surface area contributed by atoms with Gasteiger partial charge in [-0.25, -0.2) is 4.79 Å². The molecule has 1 aromatic carbocycles. The second-order valence-corrected chi connectivity index (χ2v) is 7.66. The van der Waals surface area contributed by atoms with Crippen LogP contribution in [0.5, 0.6) is 0 Å². The highest BCUT2D eigenvalue weighted by atomic mass is 16.5. The molecular formula is C19H22N4O5. The third-order valence-electron chi connectivity index (χ3n) is 5.63. The maximum Gasteiger partial charge on any atom is 0.328 e. The molecule has 9 heteroatoms. The molecule has 28 heavy (non-hydrogen) atoms. The lowest BCUT2D eigenvalue weighted by Gasteiger charge is -2.55. The number of hydrogen-bond donors (Lipinski definition) is 3. The lowest BCUT2D eigenvalue weighted by Crippen LogP contribution is -2.75. The molecule has 0 bridgehead atoms. The predicted octanol–water partition coefficient (Wildman–Crippen LogP) is 0.536. The Balaban J connectivity index is 1.87. The minimum atomic E-state index is -1.50. The van der Waals surface area contributed by atoms with Crippen LogP contribution in [0.2, 0.25) is 0 Å². The number of rotatable bonds is 1. The maximum absolute atomic E-state index is 13.0. The largest absolute Gasteiger partial charge is 0.372 e. The van der Waals surface area contributed by atoms with Gasteiger partial charge in [0.15, 0.2) is 5.41 Å². The highest BCUT2D eigenvalue weighted by molar-refractivity contribution is 6.20. The van der Waals surface area contributed by atoms with Gasteiger partial charge in [-0.2, -0.15) is 0 Å². The first-order valence-electron chi connectivity index (χ1n) is 9.22. The lowest BCUT2D eigenvalue weighted by molar-refractivity contribution is -0.153. The molecule has 2 fully saturated rings. The summed E-state index contributed by atoms with van der Waals surface area (Å²) in [6, 6.07) is 4.08. The molecule has 1 aromatic rings. The molecule has 1 spiro atoms. The lowest BCUT2D eigenvalue weighted by atomic mass is 9.66. The number of urea groups is 1. The Bertz CT molecular complexity index is 878. The van der Waals surface area contributed by atoms with Crippen LogP contribution in [0.3, 0.4) is 0 Å². The Morgan fingerprint density at radius 3 is 2.54 bits per heavy atom. The summed E-state index contributed by atoms with van der Waals surface area (Å²) in [6.45, 7) is 5.68. The molecule has 0 saturated carbocycles. The number of benzene rings is 1. The number of carbonyl (C=O) groups is 4. The van der Waals surface area contributed by atoms with Gasteiger partial charge in [-0.1, -0.05) is 0 Å². The summed E-state index contributed by atoms with van der Waals surface area (Å²) in [5, 5.41) is 7.23. The monoisotopic (exact) mass is 386 g/mol. The number of morpholine rings is 1. The van der Waals surface area contributed by atoms with E-state index in [1.54, 1.807) is 12.1 Å². The second-order valence-electron chi connectivity index (χ2n) is 7.66. The van der Waals surface area contributed by atoms with E-state index in [1.165, 1.54) is 6.92 Å². The van der Waals surface area contributed by atoms with Crippen LogP contribution in [-0.4, -0.2) is 48.5 Å². The van der Waals surface area contributed by atoms with Crippen molar-refractivity contribution in [2.45, 2.75) is 45.4 Å². The molecule has 0 radical (unpaired) electrons. The number of fused-ring (bicyclic) bond motifs is 4. The Kier molecular flexibility index (Phi) is 4.15. The Labute approximate surface area is 161 Å². The van der Waals surface area contributed by atoms with Crippen molar-refractivity contribution < 1.29 is 23.9 Å². The van der Waals surface area contributed by atoms with Crippen LogP contribution in [0.1, 0.15) is 26.3 Å². The molecule has 3 aliphatic heterocycles. The Morgan fingerprint density at radius 1 is 1.21 bits per heavy atom. The molecule has 9 nitrogen and oxygen atoms in total. The molecule has 3 atom stereocenters. The van der Waals surface area contributed by atoms with Gasteiger partial charge in [-0.3, -0.25) is 25.0 Å². The van der Waals surface area contributed by atoms with E-state index >= 15 is 0 Å². The van der Waals surface area contributed by atoms with Gasteiger partial charge < -0.3 is 15.0 Å². The van der Waals surface area contributed by atoms with Crippen molar-refractivity contribution >= 4 is 35.1 Å². The Morgan fingerprint density at radius 2 is 1.89 bits per heavy atom. The van der Waals surface area contributed by atoms with Crippen molar-refractivity contribution in [2.75, 3.05) is 16.8 Å². The molecule has 2 saturated heterocycles. The number of anilines is 2. The van der Waals surface area contributed by atoms with Gasteiger partial charge in [-0.05, 0) is 44.0 Å². The van der Waals surface area contributed by atoms with E-state index in [4.69, 9.17) is 4.74 Å². The fourth-order valence-corrected chi connectivity index (χ4v) is 4.73. The first kappa shape index (κ1) is 18.4. The van der Waals surface area contributed by atoms with Gasteiger partial charge in [0, 0.05) is 24.8 Å². The maximum atomic E-state index is 13.0. The number of nitrogens with one attached hydrogen (secondary N) is 3. The van der Waals surface area contributed by atoms with E-state index in [-0.39, 0.29) is 18.4 Å². The van der Waals surface area contributed by atoms with E-state index in [0.717, 1.165) is 11.3 Å². The van der Waals surface area contributed by atoms with E-state index < -0.39 is 35.4 Å². The number of barbiturate groups is 1. The number of ether oxygens (including phenoxy) is 1. The van der Waals surface area contributed by atoms with Crippen molar-refractivity contribution in [1.29, 1.82) is 0 Å². The standard InChI is InChI=1S/C19H22N4O5/c1-9-8-23-14-5-4-13(20-11(3)24)6-12(14)7-19(15(23)10(2)28-9)16(25)21-18(27)22-17(19)26/h4-6,9-10,15H,7-8H2,1-3H3,(H,20,24)(H2,21,22,25,26,27)/t9-,10+,15-/m1/s1. The molecule has 0 aliphatic carbocycles. The zero-order chi connectivity index (χ0) is 20.2. The van der Waals surface area contributed by atoms with Crippen molar-refractivity contribution in [2.24, 2.45) is 5.41 Å². The van der Waals surface area contributed by atoms with Crippen molar-refractivity contribution in [3.63, 3.8) is 0 Å². The highest BCUT2D eigenvalue weighted by Crippen LogP contribution is 2.47. The number of carbonyl (C=O) groups excluding carboxylic acids is 4. The summed E-state index contributed by atoms with van der Waals surface area (Å²) < 4.78 is 5.95. The van der Waals surface area contributed by atoms with Crippen molar-refractivity contribution in [3.05, 3.63) is 23.8 Å². The number of nitrogens with zero attached hydrogens (tertiary/aromatic N) is 1. The van der Waals surface area contributed by atoms with E-state index in [1.807, 2.05) is 24.8 Å². The third kappa shape index (κ3) is 2.65. The van der Waals surface area contributed by atoms with Gasteiger partial charge in [0.1, 0.15) is 0 Å². The molecule has 3 heterocycles. The molecule has 0 unspecified atom stereocenters. The molecule has 3 aliphatic rings. The summed E-state index contributed by atoms with van der Waals surface area (Å²) >= 11 is 0. The molecule has 3 N–H and O–H groups in total. The van der Waals surface area contributed by atoms with Crippen LogP contribution in [0.4, 0.5) is 16.2 Å². The van der Waals surface area contributed by atoms with Gasteiger partial charge in [-0.15, -0.1) is 0 Å². The summed E-state index contributed by atoms with van der Waals surface area (Å²) in [5.74, 6) is -1.47. The van der Waals surface area contributed by atoms with E-state index in [0.29, 0.717) is 12.2 Å². The van der Waals surface area contributed by atoms with Crippen LogP contribution in [0.25, 0.3) is 0 Å². The summed E-state index contributed by atoms with van der Waals surface area (Å²) in [4.78, 5) is 51.1. The van der Waals surface area contributed by atoms with E-state index in [2.05, 4.69) is 16.0 Å². The number of amides is 5. The zero-order valence-corrected chi connectivity index (χ0v) is 15.9. The minimum absolute atomic E-state index is 0.0967. The zero-order valence-electron chi connectivity index (χ0n) is 15.9. The van der Waals surface area contributed by atoms with Gasteiger partial charge in [0.25, 0.3) is 0 Å². The molecule has 5 amide bonds. The topological polar surface area (TPSA) is 117 Å². The SMILES string of the molecule is CC(=O)Nc1ccc2c(c1)CC1(C(=O)NC(=O)NC1=O)[C@H]1[C@H](C)O[C@H](C)CN21. The van der Waals surface area contributed by atoms with Gasteiger partial charge in [0.05, 0.1) is 18.2 Å². The normalized spacial score (nSPS) is 28.2. The number of hydrogen-bond acceptors (Lipinski definition) is 6. The minimum Gasteiger partial charge on any atom is -0.372 e. The summed E-state index contributed by atoms with van der Waals surface area (Å²) in [5.41, 5.74) is 0.726. The first-order chi connectivity index (χ1) is 13.2. The predicted molar refractivity (Wildman–Crippen MR) is 99.7 cm³/mol. The highest BCUT2D eigenvalue weighted by Gasteiger charge is 2.62. The smallest absolute Gasteiger partial charge is 0.328 e. The quantitative estimate of drug-likeness (QED) is 0.607. The van der Waals surface area contributed by atoms with Gasteiger partial charge in [0.2, 0.25) is 17.7 Å². The number of imide groups is 2. The van der Waals surface area contributed by atoms with E-state index in [9.17, 15) is 19.2 Å². The average molecular weight is 386 g/mol. The van der Waals surface area contributed by atoms with Crippen LogP contribution < -0.4 is 20.9 Å². The third-order valence-corrected chi connectivity index (χ3v) is 5.63. The van der Waals surface area contributed by atoms with Crippen molar-refractivity contribution in [1.82, 2.24) is 10.6 Å². The summed E-state index contributed by atoms with van der Waals surface area (Å²) in [6.07, 6.45) is -0.401. The average Bonchev–Trinajstić information content (AvgIpc) is 2.58. The van der Waals surface area contributed by atoms with Gasteiger partial charge >= 0.3 is 6.03 Å². The van der Waals surface area contributed by atoms with Crippen LogP contribution in [0.15, 0.2) is 18.2 Å². The van der Waals surface area contributed by atoms with Crippen molar-refractivity contribution in [3.8, 4) is 0 Å². The fourth-order valence-electron chi connectivity index (χ4n) is 4.73. The molecule has 4 rings (SSSR count). The Hall–Kier alpha value is -2.94. The van der Waals surface area contributed by atoms with Crippen LogP contribution >= 0.6 is 0 Å². The van der Waals surface area contributed by atoms with Crippen LogP contribution in [0, 0.1) is 5.41 Å². The van der Waals surface area contributed by atoms with Crippen LogP contribution in [-0.2, 0) is 25.5 Å². The summed E-state index contributed by atoms with van der Waals surface area (Å²) in [7, 11) is 0. The second kappa shape index (κ2) is 6.30. The first-order valence-corrected chi connectivity index (χ1v) is 9.22. The molecule has 148 valence electrons. The molecule has 0 aromatic heterocycles. The fraction of sp³-hybridized carbons (Fsp3) is 0.474. The molecular weight excluding hydrogens is 364 g/mol.